The van der Waals surface area contributed by atoms with E-state index in [0.717, 1.165) is 5.56 Å². The number of anilines is 2. The molecular weight excluding hydrogens is 412 g/mol. The van der Waals surface area contributed by atoms with Gasteiger partial charge in [0.15, 0.2) is 5.72 Å². The van der Waals surface area contributed by atoms with E-state index < -0.39 is 30.1 Å². The molecule has 2 aromatic rings. The first kappa shape index (κ1) is 20.0. The number of fused-ring (bicyclic) bond motifs is 3. The summed E-state index contributed by atoms with van der Waals surface area (Å²) in [5.41, 5.74) is 5.84. The van der Waals surface area contributed by atoms with Gasteiger partial charge in [-0.15, -0.1) is 0 Å². The highest BCUT2D eigenvalue weighted by atomic mass is 19.3. The van der Waals surface area contributed by atoms with Gasteiger partial charge in [-0.1, -0.05) is 0 Å². The highest BCUT2D eigenvalue weighted by molar-refractivity contribution is 5.83. The highest BCUT2D eigenvalue weighted by Crippen LogP contribution is 2.42. The van der Waals surface area contributed by atoms with Gasteiger partial charge >= 0.3 is 0 Å². The van der Waals surface area contributed by atoms with Crippen LogP contribution < -0.4 is 20.7 Å². The van der Waals surface area contributed by atoms with Crippen LogP contribution in [0.2, 0.25) is 0 Å². The van der Waals surface area contributed by atoms with E-state index in [-0.39, 0.29) is 19.8 Å². The molecule has 3 aliphatic rings. The van der Waals surface area contributed by atoms with Gasteiger partial charge in [-0.2, -0.15) is 0 Å². The summed E-state index contributed by atoms with van der Waals surface area (Å²) in [6.07, 6.45) is -0.808. The highest BCUT2D eigenvalue weighted by Gasteiger charge is 2.56. The second-order valence-electron chi connectivity index (χ2n) is 7.97. The first-order chi connectivity index (χ1) is 14.9. The van der Waals surface area contributed by atoms with Crippen LogP contribution in [-0.4, -0.2) is 66.1 Å². The van der Waals surface area contributed by atoms with Gasteiger partial charge in [0.2, 0.25) is 5.91 Å². The molecule has 1 aromatic heterocycles. The van der Waals surface area contributed by atoms with Crippen LogP contribution in [0.1, 0.15) is 6.92 Å². The quantitative estimate of drug-likeness (QED) is 0.732. The van der Waals surface area contributed by atoms with Crippen LogP contribution in [0.4, 0.5) is 20.3 Å². The standard InChI is InChI=1S/C20H23F2N5O4/c1-11(18(23)28)24-12-2-3-13-15(6-12)30-5-4-26-7-16(25-19(13)26)27-14(17(21)22)8-31-20(27)9-29-10-20/h2-3,6-7,11,14,17,24H,4-5,8-10H2,1H3,(H2,23,28)/t11?,14-/m0/s1. The van der Waals surface area contributed by atoms with Gasteiger partial charge in [-0.25, -0.2) is 13.8 Å². The van der Waals surface area contributed by atoms with Crippen molar-refractivity contribution < 1.29 is 27.8 Å². The molecule has 31 heavy (non-hydrogen) atoms. The number of nitrogens with two attached hydrogens (primary N) is 1. The molecule has 2 fully saturated rings. The van der Waals surface area contributed by atoms with Gasteiger partial charge < -0.3 is 34.7 Å². The number of alkyl halides is 2. The molecule has 2 atom stereocenters. The lowest BCUT2D eigenvalue weighted by Crippen LogP contribution is -2.62. The number of rotatable bonds is 5. The van der Waals surface area contributed by atoms with Crippen molar-refractivity contribution in [2.75, 3.05) is 36.6 Å². The van der Waals surface area contributed by atoms with Gasteiger partial charge in [0.1, 0.15) is 36.1 Å². The number of hydrogen-bond acceptors (Lipinski definition) is 7. The zero-order valence-electron chi connectivity index (χ0n) is 16.9. The van der Waals surface area contributed by atoms with Crippen molar-refractivity contribution in [1.82, 2.24) is 9.55 Å². The Hall–Kier alpha value is -2.92. The number of hydrogen-bond donors (Lipinski definition) is 2. The predicted octanol–water partition coefficient (Wildman–Crippen LogP) is 1.42. The monoisotopic (exact) mass is 435 g/mol. The summed E-state index contributed by atoms with van der Waals surface area (Å²) in [4.78, 5) is 17.6. The van der Waals surface area contributed by atoms with Crippen molar-refractivity contribution in [2.24, 2.45) is 5.73 Å². The Balaban J connectivity index is 1.50. The van der Waals surface area contributed by atoms with Crippen LogP contribution in [0.25, 0.3) is 11.4 Å². The third-order valence-corrected chi connectivity index (χ3v) is 5.87. The van der Waals surface area contributed by atoms with Gasteiger partial charge in [0.05, 0.1) is 31.9 Å². The maximum atomic E-state index is 13.7. The molecule has 2 saturated heterocycles. The number of amides is 1. The molecule has 166 valence electrons. The summed E-state index contributed by atoms with van der Waals surface area (Å²) in [6.45, 7) is 2.94. The van der Waals surface area contributed by atoms with Crippen molar-refractivity contribution in [3.63, 3.8) is 0 Å². The number of benzene rings is 1. The molecule has 1 aromatic carbocycles. The molecule has 9 nitrogen and oxygen atoms in total. The molecule has 11 heteroatoms. The fraction of sp³-hybridized carbons (Fsp3) is 0.500. The number of carbonyl (C=O) groups is 1. The number of nitrogens with zero attached hydrogens (tertiary/aromatic N) is 3. The van der Waals surface area contributed by atoms with E-state index in [4.69, 9.17) is 24.9 Å². The summed E-state index contributed by atoms with van der Waals surface area (Å²) in [6, 6.07) is 3.78. The van der Waals surface area contributed by atoms with Crippen LogP contribution in [0.5, 0.6) is 5.75 Å². The SMILES string of the molecule is CC(Nc1ccc2c(c1)OCCn1cc(N3[C@H](C(F)F)COC34COC4)nc1-2)C(N)=O. The minimum atomic E-state index is -2.57. The molecular formula is C20H23F2N5O4. The van der Waals surface area contributed by atoms with E-state index in [0.29, 0.717) is 36.2 Å². The van der Waals surface area contributed by atoms with Crippen molar-refractivity contribution in [1.29, 1.82) is 0 Å². The molecule has 1 spiro atoms. The van der Waals surface area contributed by atoms with Crippen LogP contribution in [-0.2, 0) is 20.8 Å². The summed E-state index contributed by atoms with van der Waals surface area (Å²) in [7, 11) is 0. The minimum absolute atomic E-state index is 0.0734. The van der Waals surface area contributed by atoms with E-state index in [1.54, 1.807) is 30.2 Å². The van der Waals surface area contributed by atoms with Gasteiger partial charge in [0.25, 0.3) is 6.43 Å². The Morgan fingerprint density at radius 2 is 2.19 bits per heavy atom. The Morgan fingerprint density at radius 3 is 2.87 bits per heavy atom. The second-order valence-corrected chi connectivity index (χ2v) is 7.97. The Morgan fingerprint density at radius 1 is 1.39 bits per heavy atom. The van der Waals surface area contributed by atoms with Crippen LogP contribution in [0.15, 0.2) is 24.4 Å². The second kappa shape index (κ2) is 7.34. The molecule has 3 N–H and O–H groups in total. The molecule has 5 rings (SSSR count). The zero-order valence-corrected chi connectivity index (χ0v) is 16.9. The average Bonchev–Trinajstić information content (AvgIpc) is 3.26. The van der Waals surface area contributed by atoms with Gasteiger partial charge in [-0.3, -0.25) is 4.79 Å². The topological polar surface area (TPSA) is 104 Å². The van der Waals surface area contributed by atoms with Gasteiger partial charge in [-0.05, 0) is 19.1 Å². The lowest BCUT2D eigenvalue weighted by molar-refractivity contribution is -0.182. The first-order valence-corrected chi connectivity index (χ1v) is 10.1. The molecule has 0 aliphatic carbocycles. The fourth-order valence-electron chi connectivity index (χ4n) is 4.14. The van der Waals surface area contributed by atoms with E-state index in [9.17, 15) is 13.6 Å². The Bertz CT molecular complexity index is 1010. The number of aromatic nitrogens is 2. The number of imidazole rings is 1. The summed E-state index contributed by atoms with van der Waals surface area (Å²) in [5, 5.41) is 3.03. The molecule has 1 amide bonds. The first-order valence-electron chi connectivity index (χ1n) is 10.1. The zero-order chi connectivity index (χ0) is 21.8. The van der Waals surface area contributed by atoms with E-state index in [1.807, 2.05) is 10.6 Å². The number of primary amides is 1. The maximum absolute atomic E-state index is 13.7. The normalized spacial score (nSPS) is 22.3. The van der Waals surface area contributed by atoms with E-state index >= 15 is 0 Å². The maximum Gasteiger partial charge on any atom is 0.261 e. The minimum Gasteiger partial charge on any atom is -0.491 e. The molecule has 1 unspecified atom stereocenters. The average molecular weight is 435 g/mol. The summed E-state index contributed by atoms with van der Waals surface area (Å²) < 4.78 is 46.2. The number of nitrogens with one attached hydrogen (secondary N) is 1. The third kappa shape index (κ3) is 3.28. The summed E-state index contributed by atoms with van der Waals surface area (Å²) in [5.74, 6) is 1.17. The van der Waals surface area contributed by atoms with Crippen LogP contribution in [0, 0.1) is 0 Å². The van der Waals surface area contributed by atoms with Crippen molar-refractivity contribution in [2.45, 2.75) is 37.7 Å². The van der Waals surface area contributed by atoms with Crippen molar-refractivity contribution >= 4 is 17.4 Å². The third-order valence-electron chi connectivity index (χ3n) is 5.87. The van der Waals surface area contributed by atoms with E-state index in [2.05, 4.69) is 5.32 Å². The predicted molar refractivity (Wildman–Crippen MR) is 107 cm³/mol. The van der Waals surface area contributed by atoms with Gasteiger partial charge in [0, 0.05) is 18.0 Å². The van der Waals surface area contributed by atoms with Crippen LogP contribution >= 0.6 is 0 Å². The Labute approximate surface area is 177 Å². The lowest BCUT2D eigenvalue weighted by atomic mass is 10.1. The number of halogens is 2. The molecule has 0 bridgehead atoms. The fourth-order valence-corrected chi connectivity index (χ4v) is 4.14. The number of carbonyl (C=O) groups excluding carboxylic acids is 1. The lowest BCUT2D eigenvalue weighted by Gasteiger charge is -2.44. The molecule has 3 aliphatic heterocycles. The molecule has 0 radical (unpaired) electrons. The number of ether oxygens (including phenoxy) is 3. The smallest absolute Gasteiger partial charge is 0.261 e. The molecule has 0 saturated carbocycles. The van der Waals surface area contributed by atoms with Crippen molar-refractivity contribution in [3.05, 3.63) is 24.4 Å². The van der Waals surface area contributed by atoms with E-state index in [1.165, 1.54) is 0 Å². The van der Waals surface area contributed by atoms with Crippen molar-refractivity contribution in [3.8, 4) is 17.1 Å². The molecule has 4 heterocycles. The summed E-state index contributed by atoms with van der Waals surface area (Å²) >= 11 is 0. The van der Waals surface area contributed by atoms with Crippen LogP contribution in [0.3, 0.4) is 0 Å². The Kier molecular flexibility index (Phi) is 4.74. The largest absolute Gasteiger partial charge is 0.491 e.